The van der Waals surface area contributed by atoms with Crippen molar-refractivity contribution in [3.05, 3.63) is 83.4 Å². The number of hydrogen-bond acceptors (Lipinski definition) is 7. The molecule has 5 aromatic rings. The van der Waals surface area contributed by atoms with Crippen LogP contribution >= 0.6 is 0 Å². The fraction of sp³-hybridized carbons (Fsp3) is 0.148. The summed E-state index contributed by atoms with van der Waals surface area (Å²) < 4.78 is 18.0. The summed E-state index contributed by atoms with van der Waals surface area (Å²) >= 11 is 0. The van der Waals surface area contributed by atoms with Gasteiger partial charge >= 0.3 is 0 Å². The standard InChI is InChI=1S/C27H23N5O4/c1-34-18-9-6-16(7-10-18)13-29-27(33)23-24-26(31-20-5-3-2-4-19(20)30-24)32(25(23)28)14-17-8-11-21-22(12-17)36-15-35-21/h2-12H,13-15,28H2,1H3,(H,29,33). The van der Waals surface area contributed by atoms with Gasteiger partial charge in [0.15, 0.2) is 17.1 Å². The van der Waals surface area contributed by atoms with Gasteiger partial charge in [0.1, 0.15) is 22.6 Å². The van der Waals surface area contributed by atoms with Crippen LogP contribution in [0, 0.1) is 0 Å². The second-order valence-electron chi connectivity index (χ2n) is 8.45. The lowest BCUT2D eigenvalue weighted by atomic mass is 10.2. The summed E-state index contributed by atoms with van der Waals surface area (Å²) in [4.78, 5) is 23.0. The van der Waals surface area contributed by atoms with Crippen molar-refractivity contribution in [3.63, 3.8) is 0 Å². The van der Waals surface area contributed by atoms with Crippen LogP contribution in [0.2, 0.25) is 0 Å². The molecule has 0 atom stereocenters. The van der Waals surface area contributed by atoms with E-state index in [1.807, 2.05) is 71.3 Å². The van der Waals surface area contributed by atoms with Gasteiger partial charge in [-0.1, -0.05) is 30.3 Å². The van der Waals surface area contributed by atoms with Crippen molar-refractivity contribution in [3.8, 4) is 17.2 Å². The molecule has 0 fully saturated rings. The number of nitrogen functional groups attached to an aromatic ring is 1. The zero-order valence-electron chi connectivity index (χ0n) is 19.5. The Balaban J connectivity index is 1.39. The highest BCUT2D eigenvalue weighted by Crippen LogP contribution is 2.34. The molecule has 9 nitrogen and oxygen atoms in total. The Morgan fingerprint density at radius 1 is 1.00 bits per heavy atom. The summed E-state index contributed by atoms with van der Waals surface area (Å²) in [6, 6.07) is 20.8. The molecule has 1 aliphatic rings. The average molecular weight is 482 g/mol. The van der Waals surface area contributed by atoms with Crippen LogP contribution in [0.5, 0.6) is 17.2 Å². The Kier molecular flexibility index (Phi) is 5.29. The van der Waals surface area contributed by atoms with Gasteiger partial charge in [0.25, 0.3) is 5.91 Å². The van der Waals surface area contributed by atoms with E-state index in [2.05, 4.69) is 5.32 Å². The SMILES string of the molecule is COc1ccc(CNC(=O)c2c(N)n(Cc3ccc4c(c3)OCO4)c3nc4ccccc4nc23)cc1. The van der Waals surface area contributed by atoms with Gasteiger partial charge in [0.05, 0.1) is 24.7 Å². The minimum atomic E-state index is -0.317. The molecule has 36 heavy (non-hydrogen) atoms. The molecule has 0 radical (unpaired) electrons. The molecule has 0 saturated heterocycles. The number of fused-ring (bicyclic) bond motifs is 3. The maximum atomic E-state index is 13.4. The van der Waals surface area contributed by atoms with Gasteiger partial charge in [0.2, 0.25) is 6.79 Å². The van der Waals surface area contributed by atoms with Crippen LogP contribution in [0.3, 0.4) is 0 Å². The van der Waals surface area contributed by atoms with Crippen LogP contribution in [0.15, 0.2) is 66.7 Å². The van der Waals surface area contributed by atoms with Crippen molar-refractivity contribution in [2.24, 2.45) is 0 Å². The molecular weight excluding hydrogens is 458 g/mol. The number of benzene rings is 3. The molecular formula is C27H23N5O4. The van der Waals surface area contributed by atoms with Crippen molar-refractivity contribution < 1.29 is 19.0 Å². The van der Waals surface area contributed by atoms with Gasteiger partial charge in [-0.25, -0.2) is 9.97 Å². The highest BCUT2D eigenvalue weighted by Gasteiger charge is 2.24. The van der Waals surface area contributed by atoms with Crippen LogP contribution in [0.1, 0.15) is 21.5 Å². The largest absolute Gasteiger partial charge is 0.497 e. The maximum Gasteiger partial charge on any atom is 0.257 e. The van der Waals surface area contributed by atoms with E-state index >= 15 is 0 Å². The first kappa shape index (κ1) is 21.7. The van der Waals surface area contributed by atoms with Crippen molar-refractivity contribution in [1.29, 1.82) is 0 Å². The number of ether oxygens (including phenoxy) is 3. The average Bonchev–Trinajstić information content (AvgIpc) is 3.48. The number of rotatable bonds is 6. The predicted octanol–water partition coefficient (Wildman–Crippen LogP) is 3.88. The predicted molar refractivity (Wildman–Crippen MR) is 135 cm³/mol. The molecule has 2 aromatic heterocycles. The third-order valence-electron chi connectivity index (χ3n) is 6.21. The maximum absolute atomic E-state index is 13.4. The molecule has 0 aliphatic carbocycles. The number of aromatic nitrogens is 3. The number of methoxy groups -OCH3 is 1. The number of nitrogens with one attached hydrogen (secondary N) is 1. The lowest BCUT2D eigenvalue weighted by Gasteiger charge is -2.09. The molecule has 9 heteroatoms. The van der Waals surface area contributed by atoms with E-state index in [0.29, 0.717) is 52.7 Å². The lowest BCUT2D eigenvalue weighted by Crippen LogP contribution is -2.24. The second-order valence-corrected chi connectivity index (χ2v) is 8.45. The smallest absolute Gasteiger partial charge is 0.257 e. The Bertz CT molecular complexity index is 1610. The molecule has 0 bridgehead atoms. The van der Waals surface area contributed by atoms with Crippen LogP contribution in [0.4, 0.5) is 5.82 Å². The summed E-state index contributed by atoms with van der Waals surface area (Å²) in [7, 11) is 1.61. The Morgan fingerprint density at radius 2 is 1.72 bits per heavy atom. The van der Waals surface area contributed by atoms with Gasteiger partial charge in [-0.2, -0.15) is 0 Å². The zero-order valence-corrected chi connectivity index (χ0v) is 19.5. The third kappa shape index (κ3) is 3.80. The van der Waals surface area contributed by atoms with Crippen LogP contribution in [-0.2, 0) is 13.1 Å². The van der Waals surface area contributed by atoms with Crippen LogP contribution < -0.4 is 25.3 Å². The number of amides is 1. The molecule has 0 spiro atoms. The monoisotopic (exact) mass is 481 g/mol. The van der Waals surface area contributed by atoms with Crippen LogP contribution in [-0.4, -0.2) is 34.3 Å². The van der Waals surface area contributed by atoms with E-state index in [-0.39, 0.29) is 12.7 Å². The van der Waals surface area contributed by atoms with E-state index in [1.54, 1.807) is 7.11 Å². The zero-order chi connectivity index (χ0) is 24.6. The molecule has 0 saturated carbocycles. The Morgan fingerprint density at radius 3 is 2.50 bits per heavy atom. The van der Waals surface area contributed by atoms with Crippen molar-refractivity contribution in [2.75, 3.05) is 19.6 Å². The fourth-order valence-electron chi connectivity index (χ4n) is 4.34. The minimum absolute atomic E-state index is 0.198. The molecule has 3 N–H and O–H groups in total. The number of hydrogen-bond donors (Lipinski definition) is 2. The van der Waals surface area contributed by atoms with Gasteiger partial charge in [-0.3, -0.25) is 4.79 Å². The summed E-state index contributed by atoms with van der Waals surface area (Å²) in [6.07, 6.45) is 0. The van der Waals surface area contributed by atoms with Gasteiger partial charge in [-0.05, 0) is 47.5 Å². The van der Waals surface area contributed by atoms with E-state index in [9.17, 15) is 4.79 Å². The van der Waals surface area contributed by atoms with E-state index in [1.165, 1.54) is 0 Å². The van der Waals surface area contributed by atoms with Gasteiger partial charge < -0.3 is 29.8 Å². The fourth-order valence-corrected chi connectivity index (χ4v) is 4.34. The molecule has 6 rings (SSSR count). The quantitative estimate of drug-likeness (QED) is 0.378. The number of carbonyl (C=O) groups excluding carboxylic acids is 1. The van der Waals surface area contributed by atoms with Gasteiger partial charge in [0, 0.05) is 6.54 Å². The molecule has 1 amide bonds. The first-order valence-corrected chi connectivity index (χ1v) is 11.4. The topological polar surface area (TPSA) is 114 Å². The first-order valence-electron chi connectivity index (χ1n) is 11.4. The lowest BCUT2D eigenvalue weighted by molar-refractivity contribution is 0.0953. The van der Waals surface area contributed by atoms with E-state index in [4.69, 9.17) is 29.9 Å². The molecule has 0 unspecified atom stereocenters. The normalized spacial score (nSPS) is 12.2. The Labute approximate surface area is 206 Å². The van der Waals surface area contributed by atoms with Crippen molar-refractivity contribution in [2.45, 2.75) is 13.1 Å². The third-order valence-corrected chi connectivity index (χ3v) is 6.21. The summed E-state index contributed by atoms with van der Waals surface area (Å²) in [6.45, 7) is 0.916. The molecule has 3 aromatic carbocycles. The number of nitrogens with two attached hydrogens (primary N) is 1. The molecule has 3 heterocycles. The number of anilines is 1. The number of carbonyl (C=O) groups is 1. The van der Waals surface area contributed by atoms with Gasteiger partial charge in [-0.15, -0.1) is 0 Å². The highest BCUT2D eigenvalue weighted by molar-refractivity contribution is 6.10. The number of nitrogens with zero attached hydrogens (tertiary/aromatic N) is 3. The van der Waals surface area contributed by atoms with E-state index in [0.717, 1.165) is 22.4 Å². The number of para-hydroxylation sites is 2. The minimum Gasteiger partial charge on any atom is -0.497 e. The Hall–Kier alpha value is -4.79. The van der Waals surface area contributed by atoms with E-state index < -0.39 is 0 Å². The second kappa shape index (κ2) is 8.77. The van der Waals surface area contributed by atoms with Crippen molar-refractivity contribution in [1.82, 2.24) is 19.9 Å². The van der Waals surface area contributed by atoms with Crippen LogP contribution in [0.25, 0.3) is 22.2 Å². The van der Waals surface area contributed by atoms with Crippen molar-refractivity contribution >= 4 is 33.9 Å². The highest BCUT2D eigenvalue weighted by atomic mass is 16.7. The summed E-state index contributed by atoms with van der Waals surface area (Å²) in [5, 5.41) is 2.97. The molecule has 180 valence electrons. The molecule has 1 aliphatic heterocycles. The summed E-state index contributed by atoms with van der Waals surface area (Å²) in [5.41, 5.74) is 11.2. The summed E-state index contributed by atoms with van der Waals surface area (Å²) in [5.74, 6) is 2.11. The first-order chi connectivity index (χ1) is 17.6.